The minimum Gasteiger partial charge on any atom is -0.493 e. The number of aromatic nitrogens is 1. The molecule has 5 nitrogen and oxygen atoms in total. The lowest BCUT2D eigenvalue weighted by molar-refractivity contribution is 0.0954. The number of unbranched alkanes of at least 4 members (excludes halogenated alkanes) is 3. The largest absolute Gasteiger partial charge is 0.493 e. The summed E-state index contributed by atoms with van der Waals surface area (Å²) in [5.41, 5.74) is 3.01. The zero-order valence-electron chi connectivity index (χ0n) is 17.3. The number of nitrogens with one attached hydrogen (secondary N) is 1. The summed E-state index contributed by atoms with van der Waals surface area (Å²) in [6.07, 6.45) is 4.49. The van der Waals surface area contributed by atoms with Crippen molar-refractivity contribution in [3.05, 3.63) is 54.1 Å². The summed E-state index contributed by atoms with van der Waals surface area (Å²) in [6.45, 7) is 2.86. The summed E-state index contributed by atoms with van der Waals surface area (Å²) in [5.74, 6) is 1.21. The van der Waals surface area contributed by atoms with Gasteiger partial charge >= 0.3 is 0 Å². The molecule has 0 spiro atoms. The Balaban J connectivity index is 1.95. The van der Waals surface area contributed by atoms with E-state index in [1.54, 1.807) is 14.2 Å². The number of ether oxygens (including phenoxy) is 2. The minimum absolute atomic E-state index is 0.0678. The molecule has 1 aromatic heterocycles. The van der Waals surface area contributed by atoms with Gasteiger partial charge < -0.3 is 14.8 Å². The molecule has 152 valence electrons. The second-order valence-electron chi connectivity index (χ2n) is 6.96. The molecule has 2 aromatic carbocycles. The van der Waals surface area contributed by atoms with Gasteiger partial charge in [0.1, 0.15) is 0 Å². The van der Waals surface area contributed by atoms with E-state index in [1.165, 1.54) is 12.8 Å². The van der Waals surface area contributed by atoms with Crippen LogP contribution in [0.1, 0.15) is 43.0 Å². The van der Waals surface area contributed by atoms with Crippen LogP contribution in [0.5, 0.6) is 11.5 Å². The van der Waals surface area contributed by atoms with Gasteiger partial charge in [-0.05, 0) is 36.8 Å². The average molecular weight is 392 g/mol. The summed E-state index contributed by atoms with van der Waals surface area (Å²) < 4.78 is 10.7. The number of benzene rings is 2. The van der Waals surface area contributed by atoms with Crippen molar-refractivity contribution in [2.24, 2.45) is 0 Å². The molecule has 0 aliphatic heterocycles. The van der Waals surface area contributed by atoms with Crippen LogP contribution in [0.15, 0.2) is 48.5 Å². The lowest BCUT2D eigenvalue weighted by Crippen LogP contribution is -2.24. The Morgan fingerprint density at radius 1 is 0.966 bits per heavy atom. The van der Waals surface area contributed by atoms with E-state index in [0.717, 1.165) is 35.0 Å². The highest BCUT2D eigenvalue weighted by Crippen LogP contribution is 2.33. The number of nitrogens with zero attached hydrogens (tertiary/aromatic N) is 1. The Bertz CT molecular complexity index is 985. The number of rotatable bonds is 9. The third kappa shape index (κ3) is 4.86. The molecule has 0 atom stereocenters. The van der Waals surface area contributed by atoms with Crippen molar-refractivity contribution in [2.75, 3.05) is 20.8 Å². The standard InChI is InChI=1S/C24H28N2O3/c1-4-5-6-9-14-25-24(27)19-16-21(26-20-11-8-7-10-18(19)20)17-12-13-22(28-2)23(15-17)29-3/h7-8,10-13,15-16H,4-6,9,14H2,1-3H3,(H,25,27). The van der Waals surface area contributed by atoms with Crippen molar-refractivity contribution in [2.45, 2.75) is 32.6 Å². The normalized spacial score (nSPS) is 10.7. The first-order chi connectivity index (χ1) is 14.2. The fraction of sp³-hybridized carbons (Fsp3) is 0.333. The van der Waals surface area contributed by atoms with E-state index in [9.17, 15) is 4.79 Å². The summed E-state index contributed by atoms with van der Waals surface area (Å²) in [4.78, 5) is 17.7. The first kappa shape index (κ1) is 20.6. The number of fused-ring (bicyclic) bond motifs is 1. The van der Waals surface area contributed by atoms with Crippen LogP contribution >= 0.6 is 0 Å². The van der Waals surface area contributed by atoms with Gasteiger partial charge in [-0.25, -0.2) is 4.98 Å². The van der Waals surface area contributed by atoms with E-state index in [4.69, 9.17) is 14.5 Å². The monoisotopic (exact) mass is 392 g/mol. The maximum atomic E-state index is 12.9. The third-order valence-electron chi connectivity index (χ3n) is 4.96. The number of hydrogen-bond donors (Lipinski definition) is 1. The van der Waals surface area contributed by atoms with Crippen LogP contribution in [0.3, 0.4) is 0 Å². The molecule has 3 aromatic rings. The summed E-state index contributed by atoms with van der Waals surface area (Å²) in [7, 11) is 3.21. The second kappa shape index (κ2) is 9.92. The number of carbonyl (C=O) groups is 1. The van der Waals surface area contributed by atoms with Crippen LogP contribution in [0.25, 0.3) is 22.2 Å². The Labute approximate surface area is 172 Å². The molecule has 29 heavy (non-hydrogen) atoms. The Morgan fingerprint density at radius 3 is 2.52 bits per heavy atom. The van der Waals surface area contributed by atoms with Crippen LogP contribution < -0.4 is 14.8 Å². The van der Waals surface area contributed by atoms with Crippen molar-refractivity contribution in [1.29, 1.82) is 0 Å². The minimum atomic E-state index is -0.0678. The number of carbonyl (C=O) groups excluding carboxylic acids is 1. The van der Waals surface area contributed by atoms with E-state index < -0.39 is 0 Å². The first-order valence-electron chi connectivity index (χ1n) is 10.1. The molecule has 0 bridgehead atoms. The molecule has 1 amide bonds. The van der Waals surface area contributed by atoms with E-state index in [1.807, 2.05) is 48.5 Å². The molecule has 1 heterocycles. The van der Waals surface area contributed by atoms with E-state index in [-0.39, 0.29) is 5.91 Å². The van der Waals surface area contributed by atoms with Gasteiger partial charge in [-0.15, -0.1) is 0 Å². The van der Waals surface area contributed by atoms with Crippen molar-refractivity contribution in [3.63, 3.8) is 0 Å². The second-order valence-corrected chi connectivity index (χ2v) is 6.96. The van der Waals surface area contributed by atoms with Crippen LogP contribution in [0.2, 0.25) is 0 Å². The zero-order chi connectivity index (χ0) is 20.6. The number of amides is 1. The topological polar surface area (TPSA) is 60.5 Å². The number of pyridine rings is 1. The van der Waals surface area contributed by atoms with Gasteiger partial charge in [0.05, 0.1) is 31.0 Å². The van der Waals surface area contributed by atoms with E-state index >= 15 is 0 Å². The molecule has 0 aliphatic carbocycles. The molecule has 3 rings (SSSR count). The molecule has 0 unspecified atom stereocenters. The molecule has 0 saturated heterocycles. The van der Waals surface area contributed by atoms with E-state index in [2.05, 4.69) is 12.2 Å². The van der Waals surface area contributed by atoms with Gasteiger partial charge in [-0.2, -0.15) is 0 Å². The summed E-state index contributed by atoms with van der Waals surface area (Å²) >= 11 is 0. The van der Waals surface area contributed by atoms with Gasteiger partial charge in [-0.3, -0.25) is 4.79 Å². The predicted octanol–water partition coefficient (Wildman–Crippen LogP) is 5.23. The number of hydrogen-bond acceptors (Lipinski definition) is 4. The highest BCUT2D eigenvalue weighted by atomic mass is 16.5. The molecule has 0 fully saturated rings. The van der Waals surface area contributed by atoms with Crippen molar-refractivity contribution in [1.82, 2.24) is 10.3 Å². The van der Waals surface area contributed by atoms with Crippen LogP contribution in [0.4, 0.5) is 0 Å². The first-order valence-corrected chi connectivity index (χ1v) is 10.1. The lowest BCUT2D eigenvalue weighted by Gasteiger charge is -2.12. The van der Waals surface area contributed by atoms with Crippen LogP contribution in [0, 0.1) is 0 Å². The Hall–Kier alpha value is -3.08. The molecule has 0 radical (unpaired) electrons. The van der Waals surface area contributed by atoms with Gasteiger partial charge in [0, 0.05) is 17.5 Å². The molecule has 0 aliphatic rings. The highest BCUT2D eigenvalue weighted by molar-refractivity contribution is 6.07. The Morgan fingerprint density at radius 2 is 1.76 bits per heavy atom. The predicted molar refractivity (Wildman–Crippen MR) is 117 cm³/mol. The zero-order valence-corrected chi connectivity index (χ0v) is 17.3. The summed E-state index contributed by atoms with van der Waals surface area (Å²) in [6, 6.07) is 15.2. The highest BCUT2D eigenvalue weighted by Gasteiger charge is 2.15. The van der Waals surface area contributed by atoms with Crippen LogP contribution in [-0.4, -0.2) is 31.7 Å². The smallest absolute Gasteiger partial charge is 0.252 e. The fourth-order valence-electron chi connectivity index (χ4n) is 3.36. The maximum Gasteiger partial charge on any atom is 0.252 e. The van der Waals surface area contributed by atoms with Crippen molar-refractivity contribution < 1.29 is 14.3 Å². The SMILES string of the molecule is CCCCCCNC(=O)c1cc(-c2ccc(OC)c(OC)c2)nc2ccccc12. The molecule has 1 N–H and O–H groups in total. The Kier molecular flexibility index (Phi) is 7.06. The molecular formula is C24H28N2O3. The summed E-state index contributed by atoms with van der Waals surface area (Å²) in [5, 5.41) is 3.91. The number of para-hydroxylation sites is 1. The molecular weight excluding hydrogens is 364 g/mol. The van der Waals surface area contributed by atoms with Gasteiger partial charge in [0.2, 0.25) is 0 Å². The van der Waals surface area contributed by atoms with E-state index in [0.29, 0.717) is 23.6 Å². The third-order valence-corrected chi connectivity index (χ3v) is 4.96. The lowest BCUT2D eigenvalue weighted by atomic mass is 10.0. The van der Waals surface area contributed by atoms with Crippen molar-refractivity contribution in [3.8, 4) is 22.8 Å². The van der Waals surface area contributed by atoms with Crippen molar-refractivity contribution >= 4 is 16.8 Å². The van der Waals surface area contributed by atoms with Crippen LogP contribution in [-0.2, 0) is 0 Å². The number of methoxy groups -OCH3 is 2. The van der Waals surface area contributed by atoms with Gasteiger partial charge in [0.15, 0.2) is 11.5 Å². The van der Waals surface area contributed by atoms with Gasteiger partial charge in [0.25, 0.3) is 5.91 Å². The molecule has 0 saturated carbocycles. The van der Waals surface area contributed by atoms with Gasteiger partial charge in [-0.1, -0.05) is 44.4 Å². The molecule has 5 heteroatoms. The maximum absolute atomic E-state index is 12.9. The average Bonchev–Trinajstić information content (AvgIpc) is 2.77. The quantitative estimate of drug-likeness (QED) is 0.507. The fourth-order valence-corrected chi connectivity index (χ4v) is 3.36.